The maximum absolute atomic E-state index is 12.7. The number of carbonyl (C=O) groups excluding carboxylic acids is 1. The molecule has 0 saturated carbocycles. The Kier molecular flexibility index (Phi) is 4.87. The number of hydrogen-bond donors (Lipinski definition) is 1. The van der Waals surface area contributed by atoms with Gasteiger partial charge in [0.05, 0.1) is 17.7 Å². The zero-order valence-corrected chi connectivity index (χ0v) is 14.9. The van der Waals surface area contributed by atoms with E-state index in [1.165, 1.54) is 16.8 Å². The standard InChI is InChI=1S/C18H16N2O2S2/c1-12-7-3-5-9-14(12)19-20-17(21)16(24-18(20)23)11-13-8-4-6-10-15(13)22-2/h3-11,19H,1-2H3. The van der Waals surface area contributed by atoms with Crippen molar-refractivity contribution in [2.75, 3.05) is 12.5 Å². The van der Waals surface area contributed by atoms with Gasteiger partial charge in [0.25, 0.3) is 5.91 Å². The van der Waals surface area contributed by atoms with Gasteiger partial charge in [0, 0.05) is 5.56 Å². The Hall–Kier alpha value is -2.31. The van der Waals surface area contributed by atoms with Gasteiger partial charge in [-0.3, -0.25) is 10.2 Å². The first-order valence-electron chi connectivity index (χ1n) is 7.33. The fourth-order valence-electron chi connectivity index (χ4n) is 2.31. The van der Waals surface area contributed by atoms with Gasteiger partial charge in [0.15, 0.2) is 4.32 Å². The van der Waals surface area contributed by atoms with Gasteiger partial charge >= 0.3 is 0 Å². The summed E-state index contributed by atoms with van der Waals surface area (Å²) in [6.07, 6.45) is 1.80. The Labute approximate surface area is 150 Å². The van der Waals surface area contributed by atoms with Crippen LogP contribution in [0.2, 0.25) is 0 Å². The number of anilines is 1. The van der Waals surface area contributed by atoms with Crippen molar-refractivity contribution in [2.45, 2.75) is 6.92 Å². The van der Waals surface area contributed by atoms with Crippen LogP contribution in [0.5, 0.6) is 5.75 Å². The first kappa shape index (κ1) is 16.5. The number of carbonyl (C=O) groups is 1. The van der Waals surface area contributed by atoms with Crippen LogP contribution in [-0.2, 0) is 4.79 Å². The predicted octanol–water partition coefficient (Wildman–Crippen LogP) is 4.23. The average molecular weight is 356 g/mol. The SMILES string of the molecule is COc1ccccc1C=C1SC(=S)N(Nc2ccccc2C)C1=O. The van der Waals surface area contributed by atoms with Gasteiger partial charge in [-0.2, -0.15) is 0 Å². The molecular weight excluding hydrogens is 340 g/mol. The molecule has 2 aromatic carbocycles. The third-order valence-electron chi connectivity index (χ3n) is 3.60. The minimum absolute atomic E-state index is 0.167. The van der Waals surface area contributed by atoms with Crippen LogP contribution in [0.15, 0.2) is 53.4 Å². The molecule has 1 heterocycles. The molecule has 122 valence electrons. The zero-order chi connectivity index (χ0) is 17.1. The molecule has 1 aliphatic rings. The highest BCUT2D eigenvalue weighted by Gasteiger charge is 2.32. The lowest BCUT2D eigenvalue weighted by molar-refractivity contribution is -0.121. The second-order valence-electron chi connectivity index (χ2n) is 5.19. The van der Waals surface area contributed by atoms with Crippen molar-refractivity contribution in [3.8, 4) is 5.75 Å². The number of para-hydroxylation sites is 2. The molecule has 0 aliphatic carbocycles. The summed E-state index contributed by atoms with van der Waals surface area (Å²) in [6, 6.07) is 15.3. The molecule has 24 heavy (non-hydrogen) atoms. The third-order valence-corrected chi connectivity index (χ3v) is 4.90. The molecule has 1 aliphatic heterocycles. The second kappa shape index (κ2) is 7.07. The topological polar surface area (TPSA) is 41.6 Å². The molecule has 0 spiro atoms. The summed E-state index contributed by atoms with van der Waals surface area (Å²) >= 11 is 6.62. The number of nitrogens with zero attached hydrogens (tertiary/aromatic N) is 1. The van der Waals surface area contributed by atoms with E-state index < -0.39 is 0 Å². The van der Waals surface area contributed by atoms with E-state index >= 15 is 0 Å². The number of ether oxygens (including phenoxy) is 1. The molecule has 0 radical (unpaired) electrons. The molecule has 0 atom stereocenters. The molecule has 6 heteroatoms. The van der Waals surface area contributed by atoms with Crippen LogP contribution in [0, 0.1) is 6.92 Å². The van der Waals surface area contributed by atoms with Gasteiger partial charge in [0.2, 0.25) is 0 Å². The normalized spacial score (nSPS) is 15.9. The largest absolute Gasteiger partial charge is 0.496 e. The Morgan fingerprint density at radius 1 is 1.17 bits per heavy atom. The first-order chi connectivity index (χ1) is 11.6. The van der Waals surface area contributed by atoms with Gasteiger partial charge < -0.3 is 4.74 Å². The van der Waals surface area contributed by atoms with Crippen molar-refractivity contribution in [1.82, 2.24) is 5.01 Å². The Bertz CT molecular complexity index is 833. The number of aryl methyl sites for hydroxylation is 1. The maximum Gasteiger partial charge on any atom is 0.285 e. The van der Waals surface area contributed by atoms with Crippen molar-refractivity contribution in [2.24, 2.45) is 0 Å². The molecule has 0 aromatic heterocycles. The number of nitrogens with one attached hydrogen (secondary N) is 1. The Morgan fingerprint density at radius 2 is 1.88 bits per heavy atom. The minimum Gasteiger partial charge on any atom is -0.496 e. The third kappa shape index (κ3) is 3.29. The Balaban J connectivity index is 1.86. The van der Waals surface area contributed by atoms with Crippen LogP contribution in [0.3, 0.4) is 0 Å². The average Bonchev–Trinajstić information content (AvgIpc) is 2.85. The van der Waals surface area contributed by atoms with E-state index in [1.807, 2.05) is 55.5 Å². The highest BCUT2D eigenvalue weighted by molar-refractivity contribution is 8.26. The van der Waals surface area contributed by atoms with Crippen molar-refractivity contribution in [3.63, 3.8) is 0 Å². The van der Waals surface area contributed by atoms with Crippen molar-refractivity contribution < 1.29 is 9.53 Å². The number of hydrazine groups is 1. The van der Waals surface area contributed by atoms with Gasteiger partial charge in [-0.25, -0.2) is 5.01 Å². The number of thioether (sulfide) groups is 1. The summed E-state index contributed by atoms with van der Waals surface area (Å²) in [5.41, 5.74) is 5.84. The number of rotatable bonds is 4. The molecule has 1 amide bonds. The number of methoxy groups -OCH3 is 1. The number of benzene rings is 2. The lowest BCUT2D eigenvalue weighted by atomic mass is 10.2. The van der Waals surface area contributed by atoms with Crippen LogP contribution in [-0.4, -0.2) is 22.3 Å². The van der Waals surface area contributed by atoms with Gasteiger partial charge in [-0.05, 0) is 42.9 Å². The van der Waals surface area contributed by atoms with Crippen LogP contribution >= 0.6 is 24.0 Å². The van der Waals surface area contributed by atoms with Gasteiger partial charge in [0.1, 0.15) is 5.75 Å². The predicted molar refractivity (Wildman–Crippen MR) is 103 cm³/mol. The molecular formula is C18H16N2O2S2. The smallest absolute Gasteiger partial charge is 0.285 e. The van der Waals surface area contributed by atoms with Crippen LogP contribution < -0.4 is 10.2 Å². The molecule has 1 saturated heterocycles. The van der Waals surface area contributed by atoms with Gasteiger partial charge in [-0.1, -0.05) is 48.2 Å². The first-order valence-corrected chi connectivity index (χ1v) is 8.56. The van der Waals surface area contributed by atoms with E-state index in [4.69, 9.17) is 17.0 Å². The summed E-state index contributed by atoms with van der Waals surface area (Å²) < 4.78 is 5.80. The van der Waals surface area contributed by atoms with Crippen LogP contribution in [0.4, 0.5) is 5.69 Å². The minimum atomic E-state index is -0.167. The maximum atomic E-state index is 12.7. The molecule has 3 rings (SSSR count). The number of hydrogen-bond acceptors (Lipinski definition) is 5. The van der Waals surface area contributed by atoms with E-state index in [-0.39, 0.29) is 5.91 Å². The van der Waals surface area contributed by atoms with Crippen molar-refractivity contribution in [1.29, 1.82) is 0 Å². The van der Waals surface area contributed by atoms with E-state index in [9.17, 15) is 4.79 Å². The van der Waals surface area contributed by atoms with Crippen LogP contribution in [0.1, 0.15) is 11.1 Å². The monoisotopic (exact) mass is 356 g/mol. The van der Waals surface area contributed by atoms with Crippen LogP contribution in [0.25, 0.3) is 6.08 Å². The fourth-order valence-corrected chi connectivity index (χ4v) is 3.48. The van der Waals surface area contributed by atoms with Gasteiger partial charge in [-0.15, -0.1) is 0 Å². The van der Waals surface area contributed by atoms with Crippen molar-refractivity contribution in [3.05, 3.63) is 64.6 Å². The highest BCUT2D eigenvalue weighted by atomic mass is 32.2. The number of thiocarbonyl (C=S) groups is 1. The second-order valence-corrected chi connectivity index (χ2v) is 6.86. The molecule has 0 bridgehead atoms. The van der Waals surface area contributed by atoms with E-state index in [2.05, 4.69) is 5.43 Å². The highest BCUT2D eigenvalue weighted by Crippen LogP contribution is 2.34. The molecule has 0 unspecified atom stereocenters. The Morgan fingerprint density at radius 3 is 2.62 bits per heavy atom. The summed E-state index contributed by atoms with van der Waals surface area (Å²) in [7, 11) is 1.61. The molecule has 1 N–H and O–H groups in total. The lowest BCUT2D eigenvalue weighted by Gasteiger charge is -2.18. The summed E-state index contributed by atoms with van der Waals surface area (Å²) in [5, 5.41) is 1.41. The van der Waals surface area contributed by atoms with E-state index in [0.29, 0.717) is 9.23 Å². The molecule has 4 nitrogen and oxygen atoms in total. The number of amides is 1. The molecule has 2 aromatic rings. The zero-order valence-electron chi connectivity index (χ0n) is 13.3. The van der Waals surface area contributed by atoms with E-state index in [1.54, 1.807) is 13.2 Å². The van der Waals surface area contributed by atoms with E-state index in [0.717, 1.165) is 22.6 Å². The summed E-state index contributed by atoms with van der Waals surface area (Å²) in [4.78, 5) is 13.2. The fraction of sp³-hybridized carbons (Fsp3) is 0.111. The summed E-state index contributed by atoms with van der Waals surface area (Å²) in [6.45, 7) is 1.98. The lowest BCUT2D eigenvalue weighted by Crippen LogP contribution is -2.34. The quantitative estimate of drug-likeness (QED) is 0.656. The molecule has 1 fully saturated rings. The van der Waals surface area contributed by atoms with Crippen molar-refractivity contribution >= 4 is 46.0 Å². The summed E-state index contributed by atoms with van der Waals surface area (Å²) in [5.74, 6) is 0.550.